The minimum absolute atomic E-state index is 0.521. The quantitative estimate of drug-likeness (QED) is 0.737. The third kappa shape index (κ3) is 4.35. The number of hydrogen-bond donors (Lipinski definition) is 2. The first-order valence-corrected chi connectivity index (χ1v) is 6.76. The Morgan fingerprint density at radius 1 is 1.56 bits per heavy atom. The van der Waals surface area contributed by atoms with Gasteiger partial charge in [-0.15, -0.1) is 0 Å². The maximum Gasteiger partial charge on any atom is 0.0799 e. The van der Waals surface area contributed by atoms with E-state index in [1.54, 1.807) is 7.11 Å². The number of aliphatic hydroxyl groups is 1. The van der Waals surface area contributed by atoms with Crippen molar-refractivity contribution in [3.05, 3.63) is 15.9 Å². The lowest BCUT2D eigenvalue weighted by atomic mass is 10.00. The standard InChI is InChI=1S/C12H22BrN3O2/c1-9-11(13)10(16(3)15-9)7-12(2,17)8-14-5-6-18-4/h14,17H,5-8H2,1-4H3. The number of aryl methyl sites for hydroxylation is 2. The normalized spacial score (nSPS) is 14.8. The summed E-state index contributed by atoms with van der Waals surface area (Å²) in [5, 5.41) is 17.9. The number of rotatable bonds is 7. The Kier molecular flexibility index (Phi) is 5.78. The van der Waals surface area contributed by atoms with E-state index in [0.29, 0.717) is 19.6 Å². The maximum absolute atomic E-state index is 10.4. The van der Waals surface area contributed by atoms with Crippen molar-refractivity contribution in [2.75, 3.05) is 26.8 Å². The molecule has 1 heterocycles. The van der Waals surface area contributed by atoms with Gasteiger partial charge in [0.1, 0.15) is 0 Å². The first kappa shape index (κ1) is 15.6. The van der Waals surface area contributed by atoms with Crippen LogP contribution in [0.5, 0.6) is 0 Å². The molecule has 2 N–H and O–H groups in total. The number of ether oxygens (including phenoxy) is 1. The average molecular weight is 320 g/mol. The van der Waals surface area contributed by atoms with Crippen LogP contribution in [0, 0.1) is 6.92 Å². The van der Waals surface area contributed by atoms with E-state index in [4.69, 9.17) is 4.74 Å². The highest BCUT2D eigenvalue weighted by Gasteiger charge is 2.24. The van der Waals surface area contributed by atoms with E-state index >= 15 is 0 Å². The molecule has 0 radical (unpaired) electrons. The van der Waals surface area contributed by atoms with E-state index in [0.717, 1.165) is 22.4 Å². The van der Waals surface area contributed by atoms with Crippen molar-refractivity contribution in [2.24, 2.45) is 7.05 Å². The lowest BCUT2D eigenvalue weighted by Crippen LogP contribution is -2.41. The van der Waals surface area contributed by atoms with Crippen LogP contribution in [-0.4, -0.2) is 47.3 Å². The van der Waals surface area contributed by atoms with E-state index in [9.17, 15) is 5.11 Å². The van der Waals surface area contributed by atoms with Gasteiger partial charge in [-0.2, -0.15) is 5.10 Å². The Balaban J connectivity index is 2.58. The number of methoxy groups -OCH3 is 1. The Bertz CT molecular complexity index is 391. The zero-order valence-corrected chi connectivity index (χ0v) is 13.0. The fraction of sp³-hybridized carbons (Fsp3) is 0.750. The summed E-state index contributed by atoms with van der Waals surface area (Å²) in [7, 11) is 3.55. The van der Waals surface area contributed by atoms with Gasteiger partial charge in [0.05, 0.1) is 28.1 Å². The van der Waals surface area contributed by atoms with Gasteiger partial charge in [0.25, 0.3) is 0 Å². The van der Waals surface area contributed by atoms with E-state index in [1.165, 1.54) is 0 Å². The van der Waals surface area contributed by atoms with Crippen molar-refractivity contribution in [2.45, 2.75) is 25.9 Å². The molecule has 104 valence electrons. The van der Waals surface area contributed by atoms with E-state index in [-0.39, 0.29) is 0 Å². The molecular weight excluding hydrogens is 298 g/mol. The summed E-state index contributed by atoms with van der Waals surface area (Å²) in [5.41, 5.74) is 1.14. The highest BCUT2D eigenvalue weighted by Crippen LogP contribution is 2.24. The molecule has 0 spiro atoms. The highest BCUT2D eigenvalue weighted by molar-refractivity contribution is 9.10. The molecule has 18 heavy (non-hydrogen) atoms. The van der Waals surface area contributed by atoms with Gasteiger partial charge in [-0.1, -0.05) is 0 Å². The smallest absolute Gasteiger partial charge is 0.0799 e. The van der Waals surface area contributed by atoms with Crippen molar-refractivity contribution >= 4 is 15.9 Å². The third-order valence-corrected chi connectivity index (χ3v) is 3.83. The number of halogens is 1. The molecule has 0 saturated heterocycles. The predicted molar refractivity (Wildman–Crippen MR) is 74.7 cm³/mol. The molecule has 5 nitrogen and oxygen atoms in total. The van der Waals surface area contributed by atoms with Gasteiger partial charge in [0.15, 0.2) is 0 Å². The molecule has 0 saturated carbocycles. The van der Waals surface area contributed by atoms with Gasteiger partial charge < -0.3 is 15.2 Å². The second-order valence-electron chi connectivity index (χ2n) is 4.81. The molecule has 1 rings (SSSR count). The van der Waals surface area contributed by atoms with Crippen LogP contribution in [0.25, 0.3) is 0 Å². The van der Waals surface area contributed by atoms with Gasteiger partial charge in [0.2, 0.25) is 0 Å². The van der Waals surface area contributed by atoms with Crippen molar-refractivity contribution in [1.82, 2.24) is 15.1 Å². The zero-order chi connectivity index (χ0) is 13.8. The molecule has 1 aromatic rings. The Morgan fingerprint density at radius 2 is 2.22 bits per heavy atom. The average Bonchev–Trinajstić information content (AvgIpc) is 2.51. The fourth-order valence-electron chi connectivity index (χ4n) is 1.83. The van der Waals surface area contributed by atoms with Gasteiger partial charge >= 0.3 is 0 Å². The van der Waals surface area contributed by atoms with Crippen molar-refractivity contribution in [3.8, 4) is 0 Å². The van der Waals surface area contributed by atoms with Crippen LogP contribution in [0.1, 0.15) is 18.3 Å². The molecule has 6 heteroatoms. The third-order valence-electron chi connectivity index (χ3n) is 2.80. The molecule has 0 amide bonds. The van der Waals surface area contributed by atoms with Crippen LogP contribution in [0.2, 0.25) is 0 Å². The molecular formula is C12H22BrN3O2. The van der Waals surface area contributed by atoms with Crippen LogP contribution in [0.3, 0.4) is 0 Å². The van der Waals surface area contributed by atoms with Gasteiger partial charge in [-0.3, -0.25) is 4.68 Å². The Hall–Kier alpha value is -0.430. The molecule has 0 aromatic carbocycles. The van der Waals surface area contributed by atoms with Gasteiger partial charge in [0, 0.05) is 33.7 Å². The molecule has 0 aliphatic carbocycles. The monoisotopic (exact) mass is 319 g/mol. The van der Waals surface area contributed by atoms with E-state index < -0.39 is 5.60 Å². The van der Waals surface area contributed by atoms with Crippen molar-refractivity contribution in [3.63, 3.8) is 0 Å². The van der Waals surface area contributed by atoms with Crippen LogP contribution in [-0.2, 0) is 18.2 Å². The lowest BCUT2D eigenvalue weighted by molar-refractivity contribution is 0.0561. The molecule has 0 aliphatic rings. The topological polar surface area (TPSA) is 59.3 Å². The summed E-state index contributed by atoms with van der Waals surface area (Å²) in [6.07, 6.45) is 0.547. The minimum atomic E-state index is -0.809. The predicted octanol–water partition coefficient (Wildman–Crippen LogP) is 1.02. The Morgan fingerprint density at radius 3 is 2.72 bits per heavy atom. The number of nitrogens with zero attached hydrogens (tertiary/aromatic N) is 2. The molecule has 1 unspecified atom stereocenters. The minimum Gasteiger partial charge on any atom is -0.388 e. The zero-order valence-electron chi connectivity index (χ0n) is 11.5. The fourth-order valence-corrected chi connectivity index (χ4v) is 2.30. The SMILES string of the molecule is COCCNCC(C)(O)Cc1c(Br)c(C)nn1C. The summed E-state index contributed by atoms with van der Waals surface area (Å²) in [5.74, 6) is 0. The van der Waals surface area contributed by atoms with Crippen LogP contribution < -0.4 is 5.32 Å². The molecule has 1 atom stereocenters. The molecule has 0 aliphatic heterocycles. The summed E-state index contributed by atoms with van der Waals surface area (Å²) in [6, 6.07) is 0. The number of nitrogens with one attached hydrogen (secondary N) is 1. The second kappa shape index (κ2) is 6.65. The number of aromatic nitrogens is 2. The summed E-state index contributed by atoms with van der Waals surface area (Å²) in [4.78, 5) is 0. The lowest BCUT2D eigenvalue weighted by Gasteiger charge is -2.24. The van der Waals surface area contributed by atoms with E-state index in [2.05, 4.69) is 26.3 Å². The van der Waals surface area contributed by atoms with Crippen molar-refractivity contribution in [1.29, 1.82) is 0 Å². The van der Waals surface area contributed by atoms with Crippen LogP contribution >= 0.6 is 15.9 Å². The molecule has 0 bridgehead atoms. The van der Waals surface area contributed by atoms with Gasteiger partial charge in [-0.05, 0) is 29.8 Å². The van der Waals surface area contributed by atoms with Crippen molar-refractivity contribution < 1.29 is 9.84 Å². The summed E-state index contributed by atoms with van der Waals surface area (Å²) >= 11 is 3.51. The Labute approximate surface area is 117 Å². The number of hydrogen-bond acceptors (Lipinski definition) is 4. The first-order chi connectivity index (χ1) is 8.37. The van der Waals surface area contributed by atoms with Gasteiger partial charge in [-0.25, -0.2) is 0 Å². The summed E-state index contributed by atoms with van der Waals surface area (Å²) < 4.78 is 7.73. The summed E-state index contributed by atoms with van der Waals surface area (Å²) in [6.45, 7) is 5.66. The molecule has 0 fully saturated rings. The van der Waals surface area contributed by atoms with E-state index in [1.807, 2.05) is 25.6 Å². The maximum atomic E-state index is 10.4. The van der Waals surface area contributed by atoms with Crippen LogP contribution in [0.4, 0.5) is 0 Å². The largest absolute Gasteiger partial charge is 0.388 e. The second-order valence-corrected chi connectivity index (χ2v) is 5.61. The van der Waals surface area contributed by atoms with Crippen LogP contribution in [0.15, 0.2) is 4.47 Å². The first-order valence-electron chi connectivity index (χ1n) is 5.97. The highest BCUT2D eigenvalue weighted by atomic mass is 79.9. The molecule has 1 aromatic heterocycles.